The molecule has 0 saturated heterocycles. The topological polar surface area (TPSA) is 75.9 Å². The largest absolute Gasteiger partial charge is 0.352 e. The van der Waals surface area contributed by atoms with Gasteiger partial charge in [0.1, 0.15) is 0 Å². The number of aromatic nitrogens is 2. The molecular weight excluding hydrogens is 238 g/mol. The molecule has 6 heteroatoms. The van der Waals surface area contributed by atoms with Crippen LogP contribution < -0.4 is 16.6 Å². The van der Waals surface area contributed by atoms with Gasteiger partial charge in [-0.2, -0.15) is 0 Å². The average Bonchev–Trinajstić information content (AvgIpc) is 2.32. The number of rotatable bonds is 3. The predicted molar refractivity (Wildman–Crippen MR) is 69.3 cm³/mol. The van der Waals surface area contributed by atoms with E-state index in [-0.39, 0.29) is 0 Å². The second-order valence-electron chi connectivity index (χ2n) is 3.56. The van der Waals surface area contributed by atoms with Crippen molar-refractivity contribution >= 4 is 28.8 Å². The summed E-state index contributed by atoms with van der Waals surface area (Å²) in [6.07, 6.45) is 0. The van der Waals surface area contributed by atoms with Crippen LogP contribution in [0.4, 0.5) is 17.2 Å². The van der Waals surface area contributed by atoms with Gasteiger partial charge in [-0.25, -0.2) is 5.84 Å². The molecule has 4 N–H and O–H groups in total. The van der Waals surface area contributed by atoms with E-state index in [0.29, 0.717) is 16.7 Å². The van der Waals surface area contributed by atoms with Crippen molar-refractivity contribution in [2.75, 3.05) is 10.7 Å². The van der Waals surface area contributed by atoms with E-state index in [9.17, 15) is 0 Å². The Kier molecular flexibility index (Phi) is 3.41. The second kappa shape index (κ2) is 4.99. The lowest BCUT2D eigenvalue weighted by molar-refractivity contribution is 1.02. The van der Waals surface area contributed by atoms with Crippen LogP contribution >= 0.6 is 11.6 Å². The fourth-order valence-corrected chi connectivity index (χ4v) is 1.51. The van der Waals surface area contributed by atoms with Gasteiger partial charge >= 0.3 is 0 Å². The monoisotopic (exact) mass is 249 g/mol. The van der Waals surface area contributed by atoms with E-state index >= 15 is 0 Å². The quantitative estimate of drug-likeness (QED) is 0.576. The number of halogens is 1. The summed E-state index contributed by atoms with van der Waals surface area (Å²) >= 11 is 5.78. The van der Waals surface area contributed by atoms with Crippen LogP contribution in [0, 0.1) is 6.92 Å². The number of benzene rings is 1. The molecule has 0 fully saturated rings. The van der Waals surface area contributed by atoms with E-state index in [1.165, 1.54) is 5.56 Å². The molecule has 0 saturated carbocycles. The zero-order chi connectivity index (χ0) is 12.3. The van der Waals surface area contributed by atoms with Gasteiger partial charge in [0.05, 0.1) is 5.69 Å². The van der Waals surface area contributed by atoms with Crippen molar-refractivity contribution in [3.05, 3.63) is 41.0 Å². The van der Waals surface area contributed by atoms with Crippen molar-refractivity contribution in [1.82, 2.24) is 10.2 Å². The van der Waals surface area contributed by atoms with Crippen molar-refractivity contribution in [3.63, 3.8) is 0 Å². The fraction of sp³-hybridized carbons (Fsp3) is 0.0909. The van der Waals surface area contributed by atoms with E-state index in [0.717, 1.165) is 5.69 Å². The van der Waals surface area contributed by atoms with Crippen LogP contribution in [0.15, 0.2) is 30.3 Å². The highest BCUT2D eigenvalue weighted by atomic mass is 35.5. The molecule has 17 heavy (non-hydrogen) atoms. The maximum Gasteiger partial charge on any atom is 0.186 e. The smallest absolute Gasteiger partial charge is 0.186 e. The Morgan fingerprint density at radius 3 is 2.53 bits per heavy atom. The second-order valence-corrected chi connectivity index (χ2v) is 3.95. The van der Waals surface area contributed by atoms with Gasteiger partial charge in [0.25, 0.3) is 0 Å². The predicted octanol–water partition coefficient (Wildman–Crippen LogP) is 2.47. The molecule has 1 heterocycles. The van der Waals surface area contributed by atoms with Crippen molar-refractivity contribution in [2.45, 2.75) is 6.92 Å². The molecule has 88 valence electrons. The molecule has 2 aromatic rings. The minimum atomic E-state index is 0.304. The Labute approximate surface area is 104 Å². The summed E-state index contributed by atoms with van der Waals surface area (Å²) in [6, 6.07) is 9.60. The van der Waals surface area contributed by atoms with Crippen molar-refractivity contribution < 1.29 is 0 Å². The number of nitrogens with zero attached hydrogens (tertiary/aromatic N) is 2. The number of aryl methyl sites for hydroxylation is 1. The minimum absolute atomic E-state index is 0.304. The summed E-state index contributed by atoms with van der Waals surface area (Å²) in [5, 5.41) is 11.0. The van der Waals surface area contributed by atoms with Crippen molar-refractivity contribution in [1.29, 1.82) is 0 Å². The first-order valence-electron chi connectivity index (χ1n) is 5.02. The van der Waals surface area contributed by atoms with Crippen LogP contribution in [0.1, 0.15) is 5.56 Å². The number of nitrogens with one attached hydrogen (secondary N) is 2. The lowest BCUT2D eigenvalue weighted by Gasteiger charge is -2.10. The van der Waals surface area contributed by atoms with Gasteiger partial charge in [-0.05, 0) is 19.1 Å². The minimum Gasteiger partial charge on any atom is -0.352 e. The van der Waals surface area contributed by atoms with Crippen LogP contribution in [0.2, 0.25) is 5.15 Å². The molecule has 1 aromatic carbocycles. The van der Waals surface area contributed by atoms with Gasteiger partial charge in [0.15, 0.2) is 11.0 Å². The molecule has 2 rings (SSSR count). The van der Waals surface area contributed by atoms with Crippen LogP contribution in [0.3, 0.4) is 0 Å². The third kappa shape index (κ3) is 2.83. The molecule has 0 aliphatic carbocycles. The first-order valence-corrected chi connectivity index (χ1v) is 5.40. The average molecular weight is 250 g/mol. The van der Waals surface area contributed by atoms with Gasteiger partial charge in [0.2, 0.25) is 0 Å². The molecule has 0 spiro atoms. The van der Waals surface area contributed by atoms with Gasteiger partial charge in [-0.3, -0.25) is 0 Å². The number of hydrogen-bond acceptors (Lipinski definition) is 5. The molecule has 1 aromatic heterocycles. The molecule has 0 atom stereocenters. The molecule has 0 aliphatic heterocycles. The van der Waals surface area contributed by atoms with Crippen molar-refractivity contribution in [2.24, 2.45) is 5.84 Å². The molecule has 5 nitrogen and oxygen atoms in total. The highest BCUT2D eigenvalue weighted by Crippen LogP contribution is 2.24. The Morgan fingerprint density at radius 1 is 1.18 bits per heavy atom. The Hall–Kier alpha value is -1.85. The van der Waals surface area contributed by atoms with E-state index in [1.54, 1.807) is 6.07 Å². The Balaban J connectivity index is 2.28. The summed E-state index contributed by atoms with van der Waals surface area (Å²) in [6.45, 7) is 2.03. The molecule has 0 amide bonds. The lowest BCUT2D eigenvalue weighted by atomic mass is 10.2. The first kappa shape index (κ1) is 11.6. The maximum atomic E-state index is 5.78. The molecule has 0 unspecified atom stereocenters. The molecule has 0 aliphatic rings. The van der Waals surface area contributed by atoms with E-state index in [2.05, 4.69) is 20.9 Å². The van der Waals surface area contributed by atoms with Crippen LogP contribution in [0.5, 0.6) is 0 Å². The summed E-state index contributed by atoms with van der Waals surface area (Å²) < 4.78 is 0. The van der Waals surface area contributed by atoms with E-state index in [1.807, 2.05) is 31.2 Å². The molecule has 0 radical (unpaired) electrons. The molecular formula is C11H12ClN5. The molecule has 0 bridgehead atoms. The SMILES string of the molecule is Cc1ccc(Nc2cc(Cl)nnc2NN)cc1. The number of hydrogen-bond donors (Lipinski definition) is 3. The van der Waals surface area contributed by atoms with Crippen LogP contribution in [-0.4, -0.2) is 10.2 Å². The third-order valence-corrected chi connectivity index (χ3v) is 2.42. The normalized spacial score (nSPS) is 10.1. The fourth-order valence-electron chi connectivity index (χ4n) is 1.36. The van der Waals surface area contributed by atoms with Gasteiger partial charge in [-0.1, -0.05) is 29.3 Å². The van der Waals surface area contributed by atoms with Gasteiger partial charge in [0, 0.05) is 11.8 Å². The highest BCUT2D eigenvalue weighted by Gasteiger charge is 2.05. The maximum absolute atomic E-state index is 5.78. The van der Waals surface area contributed by atoms with E-state index in [4.69, 9.17) is 17.4 Å². The zero-order valence-corrected chi connectivity index (χ0v) is 9.99. The third-order valence-electron chi connectivity index (χ3n) is 2.23. The van der Waals surface area contributed by atoms with E-state index < -0.39 is 0 Å². The number of hydrazine groups is 1. The standard InChI is InChI=1S/C11H12ClN5/c1-7-2-4-8(5-3-7)14-9-6-10(12)16-17-11(9)15-13/h2-6H,13H2,1H3,(H,14,16)(H,15,17). The lowest BCUT2D eigenvalue weighted by Crippen LogP contribution is -2.11. The summed E-state index contributed by atoms with van der Waals surface area (Å²) in [5.74, 6) is 5.78. The van der Waals surface area contributed by atoms with Gasteiger partial charge < -0.3 is 10.7 Å². The summed E-state index contributed by atoms with van der Waals surface area (Å²) in [4.78, 5) is 0. The highest BCUT2D eigenvalue weighted by molar-refractivity contribution is 6.29. The summed E-state index contributed by atoms with van der Waals surface area (Å²) in [7, 11) is 0. The summed E-state index contributed by atoms with van der Waals surface area (Å²) in [5.41, 5.74) is 5.26. The number of nitrogen functional groups attached to an aromatic ring is 1. The first-order chi connectivity index (χ1) is 8.19. The van der Waals surface area contributed by atoms with Gasteiger partial charge in [-0.15, -0.1) is 10.2 Å². The van der Waals surface area contributed by atoms with Crippen LogP contribution in [0.25, 0.3) is 0 Å². The number of anilines is 3. The van der Waals surface area contributed by atoms with Crippen LogP contribution in [-0.2, 0) is 0 Å². The number of nitrogens with two attached hydrogens (primary N) is 1. The Morgan fingerprint density at radius 2 is 1.88 bits per heavy atom. The Bertz CT molecular complexity index is 512. The zero-order valence-electron chi connectivity index (χ0n) is 9.24. The van der Waals surface area contributed by atoms with Crippen molar-refractivity contribution in [3.8, 4) is 0 Å².